The molecule has 6 heteroatoms. The van der Waals surface area contributed by atoms with Crippen molar-refractivity contribution in [2.45, 2.75) is 24.7 Å². The van der Waals surface area contributed by atoms with Crippen LogP contribution in [0.1, 0.15) is 19.8 Å². The Kier molecular flexibility index (Phi) is 5.01. The molecule has 1 heterocycles. The quantitative estimate of drug-likeness (QED) is 0.862. The summed E-state index contributed by atoms with van der Waals surface area (Å²) in [7, 11) is -3.62. The summed E-state index contributed by atoms with van der Waals surface area (Å²) in [6, 6.07) is 6.01. The number of nitrogens with one attached hydrogen (secondary N) is 1. The molecule has 1 aliphatic rings. The lowest BCUT2D eigenvalue weighted by atomic mass is 9.97. The Labute approximate surface area is 120 Å². The van der Waals surface area contributed by atoms with Gasteiger partial charge in [-0.2, -0.15) is 0 Å². The first-order valence-electron chi connectivity index (χ1n) is 7.03. The van der Waals surface area contributed by atoms with Crippen LogP contribution in [0.25, 0.3) is 0 Å². The number of piperidine rings is 1. The molecule has 1 aliphatic heterocycles. The summed E-state index contributed by atoms with van der Waals surface area (Å²) in [5, 5.41) is 9.62. The lowest BCUT2D eigenvalue weighted by Crippen LogP contribution is -2.38. The fourth-order valence-electron chi connectivity index (χ4n) is 2.50. The van der Waals surface area contributed by atoms with E-state index in [1.807, 2.05) is 0 Å². The van der Waals surface area contributed by atoms with Crippen molar-refractivity contribution in [1.29, 1.82) is 0 Å². The number of hydrogen-bond acceptors (Lipinski definition) is 4. The van der Waals surface area contributed by atoms with Gasteiger partial charge in [0.25, 0.3) is 0 Å². The van der Waals surface area contributed by atoms with E-state index in [0.717, 1.165) is 32.5 Å². The zero-order chi connectivity index (χ0) is 14.6. The van der Waals surface area contributed by atoms with Gasteiger partial charge in [-0.25, -0.2) is 13.1 Å². The molecule has 20 heavy (non-hydrogen) atoms. The van der Waals surface area contributed by atoms with Crippen LogP contribution in [-0.2, 0) is 10.0 Å². The van der Waals surface area contributed by atoms with E-state index in [0.29, 0.717) is 12.5 Å². The molecule has 0 saturated carbocycles. The molecule has 0 spiro atoms. The van der Waals surface area contributed by atoms with Crippen LogP contribution >= 0.6 is 0 Å². The third-order valence-electron chi connectivity index (χ3n) is 3.87. The second kappa shape index (κ2) is 6.56. The van der Waals surface area contributed by atoms with Crippen LogP contribution in [0.5, 0.6) is 5.75 Å². The third-order valence-corrected chi connectivity index (χ3v) is 5.34. The van der Waals surface area contributed by atoms with Gasteiger partial charge in [0.05, 0.1) is 0 Å². The molecule has 112 valence electrons. The lowest BCUT2D eigenvalue weighted by molar-refractivity contribution is 0.193. The number of rotatable bonds is 5. The topological polar surface area (TPSA) is 69.6 Å². The third kappa shape index (κ3) is 3.71. The highest BCUT2D eigenvalue weighted by molar-refractivity contribution is 7.89. The maximum atomic E-state index is 12.1. The molecular formula is C14H22N2O3S. The Balaban J connectivity index is 1.92. The standard InChI is InChI=1S/C14H22N2O3S/c1-2-16-9-7-12(8-10-16)11-15-20(18,19)14-6-4-3-5-13(14)17/h3-6,12,15,17H,2,7-11H2,1H3. The molecule has 1 fully saturated rings. The predicted molar refractivity (Wildman–Crippen MR) is 78.1 cm³/mol. The molecule has 0 unspecified atom stereocenters. The van der Waals surface area contributed by atoms with Gasteiger partial charge in [-0.05, 0) is 50.5 Å². The van der Waals surface area contributed by atoms with E-state index >= 15 is 0 Å². The van der Waals surface area contributed by atoms with Crippen molar-refractivity contribution in [3.63, 3.8) is 0 Å². The van der Waals surface area contributed by atoms with Crippen molar-refractivity contribution in [2.24, 2.45) is 5.92 Å². The number of para-hydroxylation sites is 1. The fraction of sp³-hybridized carbons (Fsp3) is 0.571. The number of sulfonamides is 1. The molecule has 0 radical (unpaired) electrons. The summed E-state index contributed by atoms with van der Waals surface area (Å²) in [5.41, 5.74) is 0. The molecule has 0 aliphatic carbocycles. The van der Waals surface area contributed by atoms with Gasteiger partial charge in [0.15, 0.2) is 0 Å². The molecule has 0 aromatic heterocycles. The largest absolute Gasteiger partial charge is 0.507 e. The lowest BCUT2D eigenvalue weighted by Gasteiger charge is -2.30. The summed E-state index contributed by atoms with van der Waals surface area (Å²) >= 11 is 0. The number of likely N-dealkylation sites (tertiary alicyclic amines) is 1. The van der Waals surface area contributed by atoms with E-state index < -0.39 is 10.0 Å². The van der Waals surface area contributed by atoms with Crippen LogP contribution in [0.15, 0.2) is 29.2 Å². The van der Waals surface area contributed by atoms with E-state index in [2.05, 4.69) is 16.5 Å². The number of phenols is 1. The summed E-state index contributed by atoms with van der Waals surface area (Å²) in [4.78, 5) is 2.32. The van der Waals surface area contributed by atoms with Crippen molar-refractivity contribution in [1.82, 2.24) is 9.62 Å². The Bertz CT molecular complexity index is 537. The molecule has 5 nitrogen and oxygen atoms in total. The van der Waals surface area contributed by atoms with Gasteiger partial charge in [0.1, 0.15) is 10.6 Å². The number of nitrogens with zero attached hydrogens (tertiary/aromatic N) is 1. The summed E-state index contributed by atoms with van der Waals surface area (Å²) < 4.78 is 26.9. The second-order valence-corrected chi connectivity index (χ2v) is 6.93. The van der Waals surface area contributed by atoms with Crippen molar-refractivity contribution in [2.75, 3.05) is 26.2 Å². The van der Waals surface area contributed by atoms with Crippen molar-refractivity contribution >= 4 is 10.0 Å². The molecule has 1 aromatic rings. The van der Waals surface area contributed by atoms with Gasteiger partial charge < -0.3 is 10.0 Å². The summed E-state index contributed by atoms with van der Waals surface area (Å²) in [5.74, 6) is 0.166. The van der Waals surface area contributed by atoms with Crippen LogP contribution in [0.4, 0.5) is 0 Å². The normalized spacial score (nSPS) is 18.2. The highest BCUT2D eigenvalue weighted by Gasteiger charge is 2.22. The molecule has 0 amide bonds. The van der Waals surface area contributed by atoms with Crippen molar-refractivity contribution in [3.05, 3.63) is 24.3 Å². The van der Waals surface area contributed by atoms with E-state index in [4.69, 9.17) is 0 Å². The minimum Gasteiger partial charge on any atom is -0.507 e. The Morgan fingerprint density at radius 1 is 1.30 bits per heavy atom. The smallest absolute Gasteiger partial charge is 0.244 e. The highest BCUT2D eigenvalue weighted by Crippen LogP contribution is 2.22. The monoisotopic (exact) mass is 298 g/mol. The molecular weight excluding hydrogens is 276 g/mol. The first-order valence-corrected chi connectivity index (χ1v) is 8.51. The van der Waals surface area contributed by atoms with Gasteiger partial charge in [0.2, 0.25) is 10.0 Å². The van der Waals surface area contributed by atoms with E-state index in [1.54, 1.807) is 12.1 Å². The van der Waals surface area contributed by atoms with E-state index in [1.165, 1.54) is 12.1 Å². The van der Waals surface area contributed by atoms with Gasteiger partial charge in [0, 0.05) is 6.54 Å². The van der Waals surface area contributed by atoms with Crippen LogP contribution < -0.4 is 4.72 Å². The molecule has 0 bridgehead atoms. The minimum absolute atomic E-state index is 0.0500. The van der Waals surface area contributed by atoms with E-state index in [9.17, 15) is 13.5 Å². The number of hydrogen-bond donors (Lipinski definition) is 2. The molecule has 1 aromatic carbocycles. The molecule has 2 rings (SSSR count). The van der Waals surface area contributed by atoms with Crippen LogP contribution in [0, 0.1) is 5.92 Å². The maximum absolute atomic E-state index is 12.1. The van der Waals surface area contributed by atoms with E-state index in [-0.39, 0.29) is 10.6 Å². The zero-order valence-corrected chi connectivity index (χ0v) is 12.6. The Morgan fingerprint density at radius 3 is 2.55 bits per heavy atom. The predicted octanol–water partition coefficient (Wildman–Crippen LogP) is 1.40. The summed E-state index contributed by atoms with van der Waals surface area (Å²) in [6.45, 7) is 5.69. The Morgan fingerprint density at radius 2 is 1.95 bits per heavy atom. The SMILES string of the molecule is CCN1CCC(CNS(=O)(=O)c2ccccc2O)CC1. The first kappa shape index (κ1) is 15.3. The minimum atomic E-state index is -3.62. The molecule has 0 atom stereocenters. The number of phenolic OH excluding ortho intramolecular Hbond substituents is 1. The number of aromatic hydroxyl groups is 1. The second-order valence-electron chi connectivity index (χ2n) is 5.20. The van der Waals surface area contributed by atoms with Gasteiger partial charge in [-0.3, -0.25) is 0 Å². The first-order chi connectivity index (χ1) is 9.53. The van der Waals surface area contributed by atoms with Crippen LogP contribution in [0.2, 0.25) is 0 Å². The van der Waals surface area contributed by atoms with Gasteiger partial charge in [-0.1, -0.05) is 19.1 Å². The van der Waals surface area contributed by atoms with Crippen molar-refractivity contribution in [3.8, 4) is 5.75 Å². The maximum Gasteiger partial charge on any atom is 0.244 e. The van der Waals surface area contributed by atoms with Crippen LogP contribution in [0.3, 0.4) is 0 Å². The zero-order valence-electron chi connectivity index (χ0n) is 11.7. The molecule has 1 saturated heterocycles. The fourth-order valence-corrected chi connectivity index (χ4v) is 3.71. The Hall–Kier alpha value is -1.11. The van der Waals surface area contributed by atoms with Gasteiger partial charge >= 0.3 is 0 Å². The summed E-state index contributed by atoms with van der Waals surface area (Å²) in [6.07, 6.45) is 2.02. The van der Waals surface area contributed by atoms with Crippen LogP contribution in [-0.4, -0.2) is 44.6 Å². The molecule has 2 N–H and O–H groups in total. The number of benzene rings is 1. The van der Waals surface area contributed by atoms with Gasteiger partial charge in [-0.15, -0.1) is 0 Å². The average molecular weight is 298 g/mol. The highest BCUT2D eigenvalue weighted by atomic mass is 32.2. The van der Waals surface area contributed by atoms with Crippen molar-refractivity contribution < 1.29 is 13.5 Å². The average Bonchev–Trinajstić information content (AvgIpc) is 2.46.